The van der Waals surface area contributed by atoms with Crippen molar-refractivity contribution in [1.82, 2.24) is 10.6 Å². The van der Waals surface area contributed by atoms with Gasteiger partial charge in [0, 0.05) is 17.8 Å². The summed E-state index contributed by atoms with van der Waals surface area (Å²) in [6, 6.07) is 6.63. The zero-order valence-corrected chi connectivity index (χ0v) is 9.69. The van der Waals surface area contributed by atoms with Gasteiger partial charge in [-0.2, -0.15) is 0 Å². The lowest BCUT2D eigenvalue weighted by molar-refractivity contribution is -0.124. The first-order valence-electron chi connectivity index (χ1n) is 5.56. The van der Waals surface area contributed by atoms with E-state index >= 15 is 0 Å². The topological polar surface area (TPSA) is 70.2 Å². The molecular formula is C13H13N3O2. The normalized spacial score (nSPS) is 18.6. The van der Waals surface area contributed by atoms with Gasteiger partial charge in [0.1, 0.15) is 6.04 Å². The molecule has 1 aliphatic rings. The van der Waals surface area contributed by atoms with E-state index in [9.17, 15) is 9.59 Å². The van der Waals surface area contributed by atoms with Crippen LogP contribution in [0.5, 0.6) is 0 Å². The Bertz CT molecular complexity index is 509. The molecule has 5 nitrogen and oxygen atoms in total. The van der Waals surface area contributed by atoms with Gasteiger partial charge in [0.15, 0.2) is 0 Å². The molecule has 0 saturated carbocycles. The first-order chi connectivity index (χ1) is 8.69. The molecule has 1 fully saturated rings. The molecule has 0 aromatic heterocycles. The standard InChI is InChI=1S/C13H13N3O2/c1-2-9-4-3-5-10(6-9)16-13(18)11-7-15-12(17)8-14-11/h1,3-6,11,14H,7-8H2,(H,15,17)(H,16,18). The molecule has 1 aromatic rings. The Kier molecular flexibility index (Phi) is 3.60. The van der Waals surface area contributed by atoms with Crippen molar-refractivity contribution in [3.8, 4) is 12.3 Å². The molecule has 2 rings (SSSR count). The summed E-state index contributed by atoms with van der Waals surface area (Å²) in [6.07, 6.45) is 5.29. The van der Waals surface area contributed by atoms with Gasteiger partial charge in [0.2, 0.25) is 11.8 Å². The molecule has 0 aliphatic carbocycles. The van der Waals surface area contributed by atoms with E-state index in [1.807, 2.05) is 0 Å². The molecule has 3 N–H and O–H groups in total. The number of benzene rings is 1. The number of amides is 2. The molecule has 0 radical (unpaired) electrons. The van der Waals surface area contributed by atoms with E-state index in [2.05, 4.69) is 21.9 Å². The third-order valence-electron chi connectivity index (χ3n) is 2.63. The van der Waals surface area contributed by atoms with Crippen LogP contribution in [0.25, 0.3) is 0 Å². The summed E-state index contributed by atoms with van der Waals surface area (Å²) in [6.45, 7) is 0.446. The van der Waals surface area contributed by atoms with Crippen LogP contribution in [0.2, 0.25) is 0 Å². The van der Waals surface area contributed by atoms with E-state index in [-0.39, 0.29) is 18.4 Å². The van der Waals surface area contributed by atoms with E-state index in [4.69, 9.17) is 6.42 Å². The Morgan fingerprint density at radius 2 is 2.33 bits per heavy atom. The Hall–Kier alpha value is -2.32. The maximum atomic E-state index is 11.9. The second kappa shape index (κ2) is 5.34. The number of piperazine rings is 1. The Balaban J connectivity index is 1.98. The van der Waals surface area contributed by atoms with Gasteiger partial charge < -0.3 is 10.6 Å². The van der Waals surface area contributed by atoms with Crippen LogP contribution in [-0.4, -0.2) is 30.9 Å². The van der Waals surface area contributed by atoms with Crippen molar-refractivity contribution >= 4 is 17.5 Å². The van der Waals surface area contributed by atoms with Crippen LogP contribution in [0.15, 0.2) is 24.3 Å². The van der Waals surface area contributed by atoms with Crippen LogP contribution in [-0.2, 0) is 9.59 Å². The number of carbonyl (C=O) groups excluding carboxylic acids is 2. The highest BCUT2D eigenvalue weighted by Gasteiger charge is 2.23. The van der Waals surface area contributed by atoms with Gasteiger partial charge in [0.25, 0.3) is 0 Å². The van der Waals surface area contributed by atoms with Crippen molar-refractivity contribution in [1.29, 1.82) is 0 Å². The highest BCUT2D eigenvalue weighted by molar-refractivity contribution is 5.96. The fraction of sp³-hybridized carbons (Fsp3) is 0.231. The van der Waals surface area contributed by atoms with E-state index in [1.165, 1.54) is 0 Å². The molecule has 1 unspecified atom stereocenters. The van der Waals surface area contributed by atoms with Crippen LogP contribution in [0, 0.1) is 12.3 Å². The number of terminal acetylenes is 1. The third-order valence-corrected chi connectivity index (χ3v) is 2.63. The fourth-order valence-corrected chi connectivity index (χ4v) is 1.67. The molecule has 2 amide bonds. The number of hydrogen-bond donors (Lipinski definition) is 3. The summed E-state index contributed by atoms with van der Waals surface area (Å²) < 4.78 is 0. The van der Waals surface area contributed by atoms with Gasteiger partial charge in [-0.25, -0.2) is 0 Å². The fourth-order valence-electron chi connectivity index (χ4n) is 1.67. The molecule has 5 heteroatoms. The van der Waals surface area contributed by atoms with Crippen molar-refractivity contribution < 1.29 is 9.59 Å². The molecule has 0 bridgehead atoms. The minimum absolute atomic E-state index is 0.103. The minimum atomic E-state index is -0.419. The average Bonchev–Trinajstić information content (AvgIpc) is 2.39. The number of rotatable bonds is 2. The summed E-state index contributed by atoms with van der Waals surface area (Å²) in [4.78, 5) is 22.8. The molecular weight excluding hydrogens is 230 g/mol. The van der Waals surface area contributed by atoms with Gasteiger partial charge in [-0.15, -0.1) is 6.42 Å². The van der Waals surface area contributed by atoms with E-state index in [1.54, 1.807) is 24.3 Å². The van der Waals surface area contributed by atoms with Crippen molar-refractivity contribution in [2.24, 2.45) is 0 Å². The molecule has 1 aromatic carbocycles. The van der Waals surface area contributed by atoms with Crippen LogP contribution < -0.4 is 16.0 Å². The van der Waals surface area contributed by atoms with Crippen LogP contribution in [0.4, 0.5) is 5.69 Å². The van der Waals surface area contributed by atoms with Gasteiger partial charge in [-0.3, -0.25) is 14.9 Å². The van der Waals surface area contributed by atoms with E-state index in [0.717, 1.165) is 0 Å². The average molecular weight is 243 g/mol. The van der Waals surface area contributed by atoms with Crippen molar-refractivity contribution in [3.63, 3.8) is 0 Å². The maximum absolute atomic E-state index is 11.9. The summed E-state index contributed by atoms with van der Waals surface area (Å²) in [7, 11) is 0. The largest absolute Gasteiger partial charge is 0.353 e. The lowest BCUT2D eigenvalue weighted by Crippen LogP contribution is -2.56. The zero-order valence-electron chi connectivity index (χ0n) is 9.69. The lowest BCUT2D eigenvalue weighted by Gasteiger charge is -2.23. The Labute approximate surface area is 105 Å². The van der Waals surface area contributed by atoms with Gasteiger partial charge >= 0.3 is 0 Å². The summed E-state index contributed by atoms with van der Waals surface area (Å²) in [5.41, 5.74) is 1.35. The SMILES string of the molecule is C#Cc1cccc(NC(=O)C2CNC(=O)CN2)c1. The van der Waals surface area contributed by atoms with Crippen molar-refractivity contribution in [2.75, 3.05) is 18.4 Å². The highest BCUT2D eigenvalue weighted by Crippen LogP contribution is 2.10. The van der Waals surface area contributed by atoms with Crippen molar-refractivity contribution in [2.45, 2.75) is 6.04 Å². The minimum Gasteiger partial charge on any atom is -0.353 e. The Morgan fingerprint density at radius 3 is 3.00 bits per heavy atom. The molecule has 92 valence electrons. The summed E-state index contributed by atoms with van der Waals surface area (Å²) in [5.74, 6) is 2.21. The summed E-state index contributed by atoms with van der Waals surface area (Å²) in [5, 5.41) is 8.23. The second-order valence-electron chi connectivity index (χ2n) is 3.95. The molecule has 1 aliphatic heterocycles. The quantitative estimate of drug-likeness (QED) is 0.624. The first-order valence-corrected chi connectivity index (χ1v) is 5.56. The number of hydrogen-bond acceptors (Lipinski definition) is 3. The highest BCUT2D eigenvalue weighted by atomic mass is 16.2. The zero-order chi connectivity index (χ0) is 13.0. The van der Waals surface area contributed by atoms with Crippen LogP contribution >= 0.6 is 0 Å². The smallest absolute Gasteiger partial charge is 0.243 e. The molecule has 1 heterocycles. The maximum Gasteiger partial charge on any atom is 0.243 e. The first kappa shape index (κ1) is 12.1. The lowest BCUT2D eigenvalue weighted by atomic mass is 10.2. The Morgan fingerprint density at radius 1 is 1.50 bits per heavy atom. The van der Waals surface area contributed by atoms with E-state index < -0.39 is 6.04 Å². The monoisotopic (exact) mass is 243 g/mol. The van der Waals surface area contributed by atoms with Crippen LogP contribution in [0.1, 0.15) is 5.56 Å². The van der Waals surface area contributed by atoms with E-state index in [0.29, 0.717) is 17.8 Å². The molecule has 0 spiro atoms. The van der Waals surface area contributed by atoms with Gasteiger partial charge in [0.05, 0.1) is 6.54 Å². The molecule has 18 heavy (non-hydrogen) atoms. The van der Waals surface area contributed by atoms with Crippen molar-refractivity contribution in [3.05, 3.63) is 29.8 Å². The van der Waals surface area contributed by atoms with Gasteiger partial charge in [-0.1, -0.05) is 12.0 Å². The molecule has 1 saturated heterocycles. The third kappa shape index (κ3) is 2.87. The second-order valence-corrected chi connectivity index (χ2v) is 3.95. The summed E-state index contributed by atoms with van der Waals surface area (Å²) >= 11 is 0. The number of carbonyl (C=O) groups is 2. The predicted molar refractivity (Wildman–Crippen MR) is 67.8 cm³/mol. The van der Waals surface area contributed by atoms with Gasteiger partial charge in [-0.05, 0) is 18.2 Å². The molecule has 1 atom stereocenters. The predicted octanol–water partition coefficient (Wildman–Crippen LogP) is -0.306. The number of nitrogens with one attached hydrogen (secondary N) is 3. The van der Waals surface area contributed by atoms with Crippen LogP contribution in [0.3, 0.4) is 0 Å². The number of anilines is 1.